The Balaban J connectivity index is 0.000000147. The molecule has 0 aromatic heterocycles. The van der Waals surface area contributed by atoms with Gasteiger partial charge in [0.15, 0.2) is 0 Å². The van der Waals surface area contributed by atoms with Crippen LogP contribution in [0.25, 0.3) is 0 Å². The van der Waals surface area contributed by atoms with Crippen LogP contribution in [0.2, 0.25) is 0 Å². The molecule has 2 unspecified atom stereocenters. The predicted octanol–water partition coefficient (Wildman–Crippen LogP) is 5.73. The van der Waals surface area contributed by atoms with E-state index in [1.54, 1.807) is 22.3 Å². The molecule has 4 rings (SSSR count). The van der Waals surface area contributed by atoms with E-state index in [-0.39, 0.29) is 26.2 Å². The fraction of sp³-hybridized carbons (Fsp3) is 0.600. The van der Waals surface area contributed by atoms with E-state index in [9.17, 15) is 0 Å². The SMILES string of the molecule is CC1=[C-]C(C)C2=C1CCC2.CC1=[C-]C(C)C2=C1CCC2.[Zr+2]. The topological polar surface area (TPSA) is 0 Å². The van der Waals surface area contributed by atoms with Gasteiger partial charge in [-0.15, -0.1) is 0 Å². The Morgan fingerprint density at radius 2 is 1.10 bits per heavy atom. The molecule has 0 aromatic rings. The van der Waals surface area contributed by atoms with Crippen molar-refractivity contribution in [2.24, 2.45) is 11.8 Å². The van der Waals surface area contributed by atoms with Crippen molar-refractivity contribution in [1.29, 1.82) is 0 Å². The summed E-state index contributed by atoms with van der Waals surface area (Å²) in [5, 5.41) is 0. The number of allylic oxidation sites excluding steroid dienone is 8. The second-order valence-corrected chi connectivity index (χ2v) is 6.70. The van der Waals surface area contributed by atoms with Gasteiger partial charge in [-0.05, 0) is 0 Å². The zero-order valence-electron chi connectivity index (χ0n) is 13.9. The summed E-state index contributed by atoms with van der Waals surface area (Å²) in [5.41, 5.74) is 9.48. The van der Waals surface area contributed by atoms with Gasteiger partial charge in [-0.1, -0.05) is 78.1 Å². The van der Waals surface area contributed by atoms with Crippen molar-refractivity contribution < 1.29 is 26.2 Å². The maximum absolute atomic E-state index is 3.46. The van der Waals surface area contributed by atoms with Crippen molar-refractivity contribution >= 4 is 0 Å². The molecular formula is C20H26Zr. The first-order valence-corrected chi connectivity index (χ1v) is 8.22. The van der Waals surface area contributed by atoms with Gasteiger partial charge in [-0.3, -0.25) is 12.2 Å². The maximum atomic E-state index is 3.46. The molecule has 0 heterocycles. The van der Waals surface area contributed by atoms with Crippen LogP contribution in [-0.2, 0) is 26.2 Å². The van der Waals surface area contributed by atoms with Crippen LogP contribution in [0.15, 0.2) is 33.4 Å². The first-order chi connectivity index (χ1) is 9.58. The maximum Gasteiger partial charge on any atom is 2.00 e. The van der Waals surface area contributed by atoms with E-state index in [1.807, 2.05) is 0 Å². The molecule has 0 radical (unpaired) electrons. The Morgan fingerprint density at radius 1 is 0.714 bits per heavy atom. The molecule has 21 heavy (non-hydrogen) atoms. The zero-order chi connectivity index (χ0) is 14.3. The molecule has 0 aromatic carbocycles. The average Bonchev–Trinajstić information content (AvgIpc) is 3.13. The minimum Gasteiger partial charge on any atom is -0.266 e. The molecule has 4 aliphatic carbocycles. The third-order valence-corrected chi connectivity index (χ3v) is 5.34. The van der Waals surface area contributed by atoms with E-state index in [0.717, 1.165) is 0 Å². The van der Waals surface area contributed by atoms with E-state index in [1.165, 1.54) is 49.7 Å². The van der Waals surface area contributed by atoms with Crippen LogP contribution in [0.5, 0.6) is 0 Å². The van der Waals surface area contributed by atoms with E-state index in [0.29, 0.717) is 11.8 Å². The summed E-state index contributed by atoms with van der Waals surface area (Å²) in [6.45, 7) is 8.92. The standard InChI is InChI=1S/2C10H13.Zr/c2*1-7-6-8(2)10-5-3-4-9(7)10;/h2*7H,3-5H2,1-2H3;/q2*-1;+2. The average molecular weight is 358 g/mol. The summed E-state index contributed by atoms with van der Waals surface area (Å²) in [5.74, 6) is 1.27. The van der Waals surface area contributed by atoms with Gasteiger partial charge in [0.2, 0.25) is 0 Å². The number of hydrogen-bond donors (Lipinski definition) is 0. The normalized spacial score (nSPS) is 29.5. The van der Waals surface area contributed by atoms with Gasteiger partial charge in [-0.2, -0.15) is 22.3 Å². The van der Waals surface area contributed by atoms with E-state index in [4.69, 9.17) is 0 Å². The first kappa shape index (κ1) is 17.2. The summed E-state index contributed by atoms with van der Waals surface area (Å²) in [7, 11) is 0. The molecule has 0 N–H and O–H groups in total. The first-order valence-electron chi connectivity index (χ1n) is 8.22. The van der Waals surface area contributed by atoms with Gasteiger partial charge >= 0.3 is 26.2 Å². The third-order valence-electron chi connectivity index (χ3n) is 5.34. The van der Waals surface area contributed by atoms with Gasteiger partial charge in [0.05, 0.1) is 0 Å². The van der Waals surface area contributed by atoms with Crippen molar-refractivity contribution in [2.45, 2.75) is 66.2 Å². The van der Waals surface area contributed by atoms with Crippen molar-refractivity contribution in [3.8, 4) is 0 Å². The number of hydrogen-bond acceptors (Lipinski definition) is 0. The Morgan fingerprint density at radius 3 is 1.43 bits per heavy atom. The second-order valence-electron chi connectivity index (χ2n) is 6.70. The molecule has 2 atom stereocenters. The summed E-state index contributed by atoms with van der Waals surface area (Å²) < 4.78 is 0. The van der Waals surface area contributed by atoms with Crippen molar-refractivity contribution in [2.75, 3.05) is 0 Å². The van der Waals surface area contributed by atoms with Crippen molar-refractivity contribution in [3.63, 3.8) is 0 Å². The van der Waals surface area contributed by atoms with Crippen molar-refractivity contribution in [1.82, 2.24) is 0 Å². The van der Waals surface area contributed by atoms with Gasteiger partial charge < -0.3 is 0 Å². The third kappa shape index (κ3) is 3.29. The van der Waals surface area contributed by atoms with Crippen LogP contribution >= 0.6 is 0 Å². The largest absolute Gasteiger partial charge is 2.00 e. The van der Waals surface area contributed by atoms with E-state index in [2.05, 4.69) is 39.8 Å². The number of rotatable bonds is 0. The summed E-state index contributed by atoms with van der Waals surface area (Å²) in [4.78, 5) is 0. The molecule has 0 saturated heterocycles. The summed E-state index contributed by atoms with van der Waals surface area (Å²) in [6.07, 6.45) is 15.0. The summed E-state index contributed by atoms with van der Waals surface area (Å²) in [6, 6.07) is 0. The molecule has 0 aliphatic heterocycles. The quantitative estimate of drug-likeness (QED) is 0.486. The van der Waals surface area contributed by atoms with Gasteiger partial charge in [0, 0.05) is 0 Å². The molecule has 0 bridgehead atoms. The fourth-order valence-electron chi connectivity index (χ4n) is 4.34. The molecule has 0 saturated carbocycles. The minimum absolute atomic E-state index is 0. The van der Waals surface area contributed by atoms with Crippen LogP contribution in [0.3, 0.4) is 0 Å². The Kier molecular flexibility index (Phi) is 5.69. The molecule has 110 valence electrons. The second kappa shape index (κ2) is 6.95. The fourth-order valence-corrected chi connectivity index (χ4v) is 4.34. The van der Waals surface area contributed by atoms with Crippen LogP contribution < -0.4 is 0 Å². The van der Waals surface area contributed by atoms with Gasteiger partial charge in [0.25, 0.3) is 0 Å². The predicted molar refractivity (Wildman–Crippen MR) is 84.9 cm³/mol. The molecular weight excluding hydrogens is 331 g/mol. The Bertz CT molecular complexity index is 492. The molecule has 1 heteroatoms. The van der Waals surface area contributed by atoms with Crippen LogP contribution in [0, 0.1) is 24.0 Å². The van der Waals surface area contributed by atoms with Gasteiger partial charge in [0.1, 0.15) is 0 Å². The molecule has 0 amide bonds. The van der Waals surface area contributed by atoms with E-state index >= 15 is 0 Å². The minimum atomic E-state index is 0. The monoisotopic (exact) mass is 356 g/mol. The smallest absolute Gasteiger partial charge is 0.266 e. The van der Waals surface area contributed by atoms with Crippen LogP contribution in [-0.4, -0.2) is 0 Å². The van der Waals surface area contributed by atoms with Gasteiger partial charge in [-0.25, -0.2) is 11.1 Å². The zero-order valence-corrected chi connectivity index (χ0v) is 16.4. The molecule has 0 fully saturated rings. The van der Waals surface area contributed by atoms with Crippen LogP contribution in [0.1, 0.15) is 66.2 Å². The molecule has 4 aliphatic rings. The van der Waals surface area contributed by atoms with Crippen LogP contribution in [0.4, 0.5) is 0 Å². The Labute approximate surface area is 149 Å². The summed E-state index contributed by atoms with van der Waals surface area (Å²) >= 11 is 0. The van der Waals surface area contributed by atoms with Crippen molar-refractivity contribution in [3.05, 3.63) is 45.6 Å². The Hall–Kier alpha value is -0.157. The van der Waals surface area contributed by atoms with E-state index < -0.39 is 0 Å². The molecule has 0 spiro atoms. The molecule has 0 nitrogen and oxygen atoms in total.